The number of hydrogen-bond acceptors (Lipinski definition) is 3. The fourth-order valence-electron chi connectivity index (χ4n) is 1.47. The van der Waals surface area contributed by atoms with Crippen LogP contribution in [0.1, 0.15) is 32.2 Å². The van der Waals surface area contributed by atoms with Crippen LogP contribution in [-0.4, -0.2) is 19.5 Å². The molecule has 0 saturated carbocycles. The van der Waals surface area contributed by atoms with Crippen LogP contribution in [-0.2, 0) is 5.41 Å². The van der Waals surface area contributed by atoms with Crippen molar-refractivity contribution in [3.63, 3.8) is 0 Å². The van der Waals surface area contributed by atoms with Crippen molar-refractivity contribution >= 4 is 15.9 Å². The van der Waals surface area contributed by atoms with Gasteiger partial charge in [-0.25, -0.2) is 15.0 Å². The lowest BCUT2D eigenvalue weighted by atomic mass is 9.92. The van der Waals surface area contributed by atoms with E-state index in [1.54, 1.807) is 6.33 Å². The predicted octanol–water partition coefficient (Wildman–Crippen LogP) is 3.03. The second kappa shape index (κ2) is 4.22. The van der Waals surface area contributed by atoms with Gasteiger partial charge in [0.05, 0.1) is 11.4 Å². The Morgan fingerprint density at radius 3 is 2.47 bits per heavy atom. The fraction of sp³-hybridized carbons (Fsp3) is 0.417. The molecular weight excluding hydrogens is 280 g/mol. The Morgan fingerprint density at radius 1 is 1.24 bits per heavy atom. The summed E-state index contributed by atoms with van der Waals surface area (Å²) in [6.45, 7) is 8.34. The molecule has 0 aliphatic heterocycles. The lowest BCUT2D eigenvalue weighted by Gasteiger charge is -2.18. The molecule has 0 aliphatic rings. The van der Waals surface area contributed by atoms with Crippen LogP contribution in [0, 0.1) is 6.92 Å². The van der Waals surface area contributed by atoms with Gasteiger partial charge in [0.25, 0.3) is 0 Å². The molecule has 0 unspecified atom stereocenters. The summed E-state index contributed by atoms with van der Waals surface area (Å²) in [6.07, 6.45) is 3.71. The van der Waals surface area contributed by atoms with Gasteiger partial charge in [0, 0.05) is 17.7 Å². The molecule has 5 heteroatoms. The van der Waals surface area contributed by atoms with Gasteiger partial charge in [0.1, 0.15) is 12.1 Å². The molecule has 0 spiro atoms. The van der Waals surface area contributed by atoms with Crippen molar-refractivity contribution in [3.8, 4) is 5.82 Å². The lowest BCUT2D eigenvalue weighted by Crippen LogP contribution is -2.15. The maximum atomic E-state index is 4.41. The number of nitrogens with zero attached hydrogens (tertiary/aromatic N) is 4. The van der Waals surface area contributed by atoms with Gasteiger partial charge in [0.2, 0.25) is 0 Å². The van der Waals surface area contributed by atoms with E-state index in [0.717, 1.165) is 17.2 Å². The average Bonchev–Trinajstić information content (AvgIpc) is 2.62. The summed E-state index contributed by atoms with van der Waals surface area (Å²) >= 11 is 3.35. The van der Waals surface area contributed by atoms with Crippen molar-refractivity contribution in [3.05, 3.63) is 34.7 Å². The Morgan fingerprint density at radius 2 is 1.94 bits per heavy atom. The molecule has 0 fully saturated rings. The zero-order valence-corrected chi connectivity index (χ0v) is 12.0. The summed E-state index contributed by atoms with van der Waals surface area (Å²) in [5, 5.41) is 0. The first-order valence-electron chi connectivity index (χ1n) is 5.42. The topological polar surface area (TPSA) is 43.6 Å². The Hall–Kier alpha value is -1.23. The number of imidazole rings is 1. The summed E-state index contributed by atoms with van der Waals surface area (Å²) < 4.78 is 2.50. The van der Waals surface area contributed by atoms with Crippen molar-refractivity contribution in [1.82, 2.24) is 19.5 Å². The van der Waals surface area contributed by atoms with Gasteiger partial charge in [-0.15, -0.1) is 0 Å². The summed E-state index contributed by atoms with van der Waals surface area (Å²) in [7, 11) is 0. The van der Waals surface area contributed by atoms with Gasteiger partial charge in [-0.05, 0) is 22.9 Å². The van der Waals surface area contributed by atoms with Crippen LogP contribution in [0.2, 0.25) is 0 Å². The van der Waals surface area contributed by atoms with Crippen LogP contribution in [0.4, 0.5) is 0 Å². The highest BCUT2D eigenvalue weighted by Crippen LogP contribution is 2.23. The number of halogens is 1. The maximum Gasteiger partial charge on any atom is 0.198 e. The first-order chi connectivity index (χ1) is 7.86. The van der Waals surface area contributed by atoms with Crippen LogP contribution in [0.5, 0.6) is 0 Å². The zero-order valence-electron chi connectivity index (χ0n) is 10.4. The first kappa shape index (κ1) is 12.2. The van der Waals surface area contributed by atoms with Crippen molar-refractivity contribution in [1.29, 1.82) is 0 Å². The second-order valence-corrected chi connectivity index (χ2v) is 5.76. The van der Waals surface area contributed by atoms with E-state index >= 15 is 0 Å². The van der Waals surface area contributed by atoms with E-state index in [9.17, 15) is 0 Å². The van der Waals surface area contributed by atoms with Gasteiger partial charge in [-0.2, -0.15) is 0 Å². The smallest absolute Gasteiger partial charge is 0.198 e. The largest absolute Gasteiger partial charge is 0.290 e. The second-order valence-electron chi connectivity index (χ2n) is 5.05. The van der Waals surface area contributed by atoms with Crippen molar-refractivity contribution in [2.24, 2.45) is 0 Å². The van der Waals surface area contributed by atoms with Gasteiger partial charge in [0.15, 0.2) is 4.73 Å². The quantitative estimate of drug-likeness (QED) is 0.760. The third kappa shape index (κ3) is 2.72. The fourth-order valence-corrected chi connectivity index (χ4v) is 1.84. The average molecular weight is 295 g/mol. The van der Waals surface area contributed by atoms with E-state index in [2.05, 4.69) is 51.7 Å². The molecule has 0 atom stereocenters. The van der Waals surface area contributed by atoms with Crippen LogP contribution < -0.4 is 0 Å². The Labute approximate surface area is 109 Å². The van der Waals surface area contributed by atoms with Crippen LogP contribution >= 0.6 is 15.9 Å². The molecule has 2 rings (SSSR count). The van der Waals surface area contributed by atoms with Crippen LogP contribution in [0.15, 0.2) is 23.3 Å². The molecule has 0 radical (unpaired) electrons. The molecule has 0 saturated heterocycles. The minimum atomic E-state index is -0.00413. The summed E-state index contributed by atoms with van der Waals surface area (Å²) in [6, 6.07) is 1.99. The highest BCUT2D eigenvalue weighted by atomic mass is 79.9. The molecule has 0 bridgehead atoms. The molecule has 0 amide bonds. The van der Waals surface area contributed by atoms with E-state index < -0.39 is 0 Å². The minimum Gasteiger partial charge on any atom is -0.290 e. The SMILES string of the molecule is Cc1cn(-c2cc(C(C)(C)C)nc(Br)n2)cn1. The molecular formula is C12H15BrN4. The summed E-state index contributed by atoms with van der Waals surface area (Å²) in [5.74, 6) is 0.831. The highest BCUT2D eigenvalue weighted by Gasteiger charge is 2.17. The van der Waals surface area contributed by atoms with Crippen molar-refractivity contribution in [2.75, 3.05) is 0 Å². The molecule has 4 nitrogen and oxygen atoms in total. The van der Waals surface area contributed by atoms with Crippen molar-refractivity contribution < 1.29 is 0 Å². The molecule has 17 heavy (non-hydrogen) atoms. The molecule has 0 aromatic carbocycles. The van der Waals surface area contributed by atoms with Crippen molar-refractivity contribution in [2.45, 2.75) is 33.1 Å². The van der Waals surface area contributed by atoms with Gasteiger partial charge in [-0.1, -0.05) is 20.8 Å². The minimum absolute atomic E-state index is 0.00413. The zero-order chi connectivity index (χ0) is 12.6. The van der Waals surface area contributed by atoms with Gasteiger partial charge < -0.3 is 0 Å². The highest BCUT2D eigenvalue weighted by molar-refractivity contribution is 9.10. The molecule has 2 aromatic heterocycles. The van der Waals surface area contributed by atoms with E-state index in [1.165, 1.54) is 0 Å². The predicted molar refractivity (Wildman–Crippen MR) is 70.3 cm³/mol. The summed E-state index contributed by atoms with van der Waals surface area (Å²) in [5.41, 5.74) is 1.97. The maximum absolute atomic E-state index is 4.41. The first-order valence-corrected chi connectivity index (χ1v) is 6.21. The van der Waals surface area contributed by atoms with E-state index in [4.69, 9.17) is 0 Å². The Balaban J connectivity index is 2.52. The van der Waals surface area contributed by atoms with E-state index in [1.807, 2.05) is 23.8 Å². The number of hydrogen-bond donors (Lipinski definition) is 0. The molecule has 90 valence electrons. The van der Waals surface area contributed by atoms with E-state index in [-0.39, 0.29) is 5.41 Å². The standard InChI is InChI=1S/C12H15BrN4/c1-8-6-17(7-14-8)10-5-9(12(2,3)4)15-11(13)16-10/h5-7H,1-4H3. The molecule has 0 aliphatic carbocycles. The molecule has 0 N–H and O–H groups in total. The van der Waals surface area contributed by atoms with Gasteiger partial charge in [-0.3, -0.25) is 4.57 Å². The number of rotatable bonds is 1. The third-order valence-electron chi connectivity index (χ3n) is 2.43. The number of aromatic nitrogens is 4. The molecule has 2 aromatic rings. The van der Waals surface area contributed by atoms with Crippen LogP contribution in [0.25, 0.3) is 5.82 Å². The van der Waals surface area contributed by atoms with E-state index in [0.29, 0.717) is 4.73 Å². The monoisotopic (exact) mass is 294 g/mol. The Kier molecular flexibility index (Phi) is 3.03. The third-order valence-corrected chi connectivity index (χ3v) is 2.78. The number of aryl methyl sites for hydroxylation is 1. The normalized spacial score (nSPS) is 11.8. The lowest BCUT2D eigenvalue weighted by molar-refractivity contribution is 0.563. The summed E-state index contributed by atoms with van der Waals surface area (Å²) in [4.78, 5) is 13.0. The molecule has 2 heterocycles. The van der Waals surface area contributed by atoms with Gasteiger partial charge >= 0.3 is 0 Å². The Bertz CT molecular complexity index is 540. The van der Waals surface area contributed by atoms with Crippen LogP contribution in [0.3, 0.4) is 0 Å².